The number of hydrogen-bond acceptors (Lipinski definition) is 3. The van der Waals surface area contributed by atoms with E-state index in [0.717, 1.165) is 37.5 Å². The van der Waals surface area contributed by atoms with Gasteiger partial charge in [-0.2, -0.15) is 0 Å². The van der Waals surface area contributed by atoms with Crippen LogP contribution in [0.4, 0.5) is 0 Å². The van der Waals surface area contributed by atoms with Crippen LogP contribution in [0.25, 0.3) is 0 Å². The molecule has 0 unspecified atom stereocenters. The van der Waals surface area contributed by atoms with E-state index >= 15 is 0 Å². The van der Waals surface area contributed by atoms with Crippen LogP contribution >= 0.6 is 0 Å². The zero-order valence-electron chi connectivity index (χ0n) is 11.6. The Labute approximate surface area is 115 Å². The van der Waals surface area contributed by atoms with Gasteiger partial charge in [0.25, 0.3) is 5.91 Å². The Balaban J connectivity index is 1.97. The molecule has 2 heterocycles. The molecular formula is C15H23N3O. The monoisotopic (exact) mass is 261 g/mol. The quantitative estimate of drug-likeness (QED) is 0.904. The molecule has 0 spiro atoms. The summed E-state index contributed by atoms with van der Waals surface area (Å²) in [4.78, 5) is 18.5. The number of carbonyl (C=O) groups is 1. The van der Waals surface area contributed by atoms with Crippen LogP contribution in [0.1, 0.15) is 48.7 Å². The molecule has 1 aliphatic rings. The molecule has 2 rings (SSSR count). The number of aromatic nitrogens is 1. The van der Waals surface area contributed by atoms with E-state index < -0.39 is 0 Å². The van der Waals surface area contributed by atoms with Crippen molar-refractivity contribution in [2.75, 3.05) is 13.1 Å². The molecule has 104 valence electrons. The molecule has 0 atom stereocenters. The van der Waals surface area contributed by atoms with Crippen LogP contribution in [-0.2, 0) is 6.54 Å². The lowest BCUT2D eigenvalue weighted by Gasteiger charge is -2.32. The molecule has 0 aromatic carbocycles. The lowest BCUT2D eigenvalue weighted by molar-refractivity contribution is 0.0686. The summed E-state index contributed by atoms with van der Waals surface area (Å²) >= 11 is 0. The van der Waals surface area contributed by atoms with E-state index in [-0.39, 0.29) is 5.91 Å². The van der Waals surface area contributed by atoms with E-state index in [0.29, 0.717) is 12.1 Å². The molecule has 1 fully saturated rings. The highest BCUT2D eigenvalue weighted by Gasteiger charge is 2.23. The first kappa shape index (κ1) is 14.0. The van der Waals surface area contributed by atoms with Crippen molar-refractivity contribution >= 4 is 5.91 Å². The van der Waals surface area contributed by atoms with Gasteiger partial charge in [-0.15, -0.1) is 0 Å². The van der Waals surface area contributed by atoms with Crippen molar-refractivity contribution < 1.29 is 4.79 Å². The van der Waals surface area contributed by atoms with Crippen LogP contribution < -0.4 is 5.73 Å². The average molecular weight is 261 g/mol. The van der Waals surface area contributed by atoms with Gasteiger partial charge >= 0.3 is 0 Å². The molecule has 0 saturated carbocycles. The van der Waals surface area contributed by atoms with Gasteiger partial charge in [-0.1, -0.05) is 19.8 Å². The highest BCUT2D eigenvalue weighted by Crippen LogP contribution is 2.22. The fourth-order valence-electron chi connectivity index (χ4n) is 2.74. The van der Waals surface area contributed by atoms with Crippen molar-refractivity contribution in [1.29, 1.82) is 0 Å². The van der Waals surface area contributed by atoms with Crippen LogP contribution in [-0.4, -0.2) is 28.9 Å². The van der Waals surface area contributed by atoms with E-state index in [1.54, 1.807) is 18.3 Å². The predicted octanol–water partition coefficient (Wildman–Crippen LogP) is 2.19. The molecular weight excluding hydrogens is 238 g/mol. The van der Waals surface area contributed by atoms with Gasteiger partial charge in [0.15, 0.2) is 0 Å². The zero-order chi connectivity index (χ0) is 13.7. The first-order chi connectivity index (χ1) is 9.24. The van der Waals surface area contributed by atoms with Gasteiger partial charge < -0.3 is 10.6 Å². The van der Waals surface area contributed by atoms with Crippen LogP contribution in [0.3, 0.4) is 0 Å². The third kappa shape index (κ3) is 3.53. The van der Waals surface area contributed by atoms with Gasteiger partial charge in [0.1, 0.15) is 0 Å². The van der Waals surface area contributed by atoms with E-state index in [1.165, 1.54) is 12.8 Å². The molecule has 4 nitrogen and oxygen atoms in total. The van der Waals surface area contributed by atoms with Crippen molar-refractivity contribution in [3.63, 3.8) is 0 Å². The smallest absolute Gasteiger partial charge is 0.253 e. The van der Waals surface area contributed by atoms with Gasteiger partial charge in [-0.3, -0.25) is 9.78 Å². The Kier molecular flexibility index (Phi) is 4.91. The van der Waals surface area contributed by atoms with Crippen molar-refractivity contribution in [3.05, 3.63) is 29.6 Å². The molecule has 2 N–H and O–H groups in total. The number of likely N-dealkylation sites (tertiary alicyclic amines) is 1. The second-order valence-corrected chi connectivity index (χ2v) is 5.26. The number of pyridine rings is 1. The first-order valence-electron chi connectivity index (χ1n) is 7.19. The Morgan fingerprint density at radius 3 is 2.84 bits per heavy atom. The fraction of sp³-hybridized carbons (Fsp3) is 0.600. The maximum absolute atomic E-state index is 12.4. The minimum absolute atomic E-state index is 0.118. The van der Waals surface area contributed by atoms with E-state index in [9.17, 15) is 4.79 Å². The van der Waals surface area contributed by atoms with Gasteiger partial charge in [0.05, 0.1) is 5.69 Å². The number of nitrogens with two attached hydrogens (primary N) is 1. The van der Waals surface area contributed by atoms with Crippen LogP contribution in [0.2, 0.25) is 0 Å². The number of rotatable bonds is 4. The van der Waals surface area contributed by atoms with Crippen LogP contribution in [0.15, 0.2) is 18.3 Å². The standard InChI is InChI=1S/C15H23N3O/c1-2-3-12-5-8-18(9-6-12)15(19)13-4-7-17-14(10-13)11-16/h4,7,10,12H,2-3,5-6,8-9,11,16H2,1H3. The van der Waals surface area contributed by atoms with Gasteiger partial charge in [-0.05, 0) is 30.9 Å². The zero-order valence-corrected chi connectivity index (χ0v) is 11.6. The Bertz CT molecular complexity index is 425. The highest BCUT2D eigenvalue weighted by atomic mass is 16.2. The van der Waals surface area contributed by atoms with E-state index in [2.05, 4.69) is 11.9 Å². The van der Waals surface area contributed by atoms with E-state index in [1.807, 2.05) is 4.90 Å². The molecule has 4 heteroatoms. The summed E-state index contributed by atoms with van der Waals surface area (Å²) in [7, 11) is 0. The lowest BCUT2D eigenvalue weighted by atomic mass is 9.92. The predicted molar refractivity (Wildman–Crippen MR) is 75.7 cm³/mol. The summed E-state index contributed by atoms with van der Waals surface area (Å²) in [5.74, 6) is 0.915. The third-order valence-electron chi connectivity index (χ3n) is 3.87. The topological polar surface area (TPSA) is 59.2 Å². The van der Waals surface area contributed by atoms with Crippen molar-refractivity contribution in [1.82, 2.24) is 9.88 Å². The first-order valence-corrected chi connectivity index (χ1v) is 7.19. The highest BCUT2D eigenvalue weighted by molar-refractivity contribution is 5.94. The van der Waals surface area contributed by atoms with Crippen LogP contribution in [0.5, 0.6) is 0 Å². The maximum atomic E-state index is 12.4. The SMILES string of the molecule is CCCC1CCN(C(=O)c2ccnc(CN)c2)CC1. The van der Waals surface area contributed by atoms with Crippen molar-refractivity contribution in [3.8, 4) is 0 Å². The largest absolute Gasteiger partial charge is 0.339 e. The normalized spacial score (nSPS) is 16.6. The molecule has 1 aromatic rings. The van der Waals surface area contributed by atoms with Crippen molar-refractivity contribution in [2.45, 2.75) is 39.2 Å². The van der Waals surface area contributed by atoms with E-state index in [4.69, 9.17) is 5.73 Å². The molecule has 1 aromatic heterocycles. The maximum Gasteiger partial charge on any atom is 0.253 e. The van der Waals surface area contributed by atoms with Crippen LogP contribution in [0, 0.1) is 5.92 Å². The van der Waals surface area contributed by atoms with Gasteiger partial charge in [0, 0.05) is 31.4 Å². The summed E-state index contributed by atoms with van der Waals surface area (Å²) in [6.07, 6.45) is 6.46. The molecule has 1 amide bonds. The second-order valence-electron chi connectivity index (χ2n) is 5.26. The molecule has 0 bridgehead atoms. The van der Waals surface area contributed by atoms with Crippen molar-refractivity contribution in [2.24, 2.45) is 11.7 Å². The van der Waals surface area contributed by atoms with Gasteiger partial charge in [0.2, 0.25) is 0 Å². The molecule has 19 heavy (non-hydrogen) atoms. The summed E-state index contributed by atoms with van der Waals surface area (Å²) in [5, 5.41) is 0. The lowest BCUT2D eigenvalue weighted by Crippen LogP contribution is -2.38. The third-order valence-corrected chi connectivity index (χ3v) is 3.87. The second kappa shape index (κ2) is 6.66. The van der Waals surface area contributed by atoms with Gasteiger partial charge in [-0.25, -0.2) is 0 Å². The summed E-state index contributed by atoms with van der Waals surface area (Å²) < 4.78 is 0. The molecule has 0 radical (unpaired) electrons. The fourth-order valence-corrected chi connectivity index (χ4v) is 2.74. The molecule has 1 aliphatic heterocycles. The average Bonchev–Trinajstić information content (AvgIpc) is 2.48. The Morgan fingerprint density at radius 1 is 1.47 bits per heavy atom. The number of nitrogens with zero attached hydrogens (tertiary/aromatic N) is 2. The minimum Gasteiger partial charge on any atom is -0.339 e. The minimum atomic E-state index is 0.118. The Hall–Kier alpha value is -1.42. The Morgan fingerprint density at radius 2 is 2.21 bits per heavy atom. The molecule has 1 saturated heterocycles. The molecule has 0 aliphatic carbocycles. The summed E-state index contributed by atoms with van der Waals surface area (Å²) in [5.41, 5.74) is 7.04. The number of hydrogen-bond donors (Lipinski definition) is 1. The number of amides is 1. The summed E-state index contributed by atoms with van der Waals surface area (Å²) in [6, 6.07) is 3.58. The number of carbonyl (C=O) groups excluding carboxylic acids is 1. The number of piperidine rings is 1. The summed E-state index contributed by atoms with van der Waals surface area (Å²) in [6.45, 7) is 4.36.